The fourth-order valence-corrected chi connectivity index (χ4v) is 4.09. The summed E-state index contributed by atoms with van der Waals surface area (Å²) in [6.07, 6.45) is 6.16. The summed E-state index contributed by atoms with van der Waals surface area (Å²) >= 11 is 0. The molecule has 7 nitrogen and oxygen atoms in total. The molecule has 7 heteroatoms. The highest BCUT2D eigenvalue weighted by Crippen LogP contribution is 2.31. The van der Waals surface area contributed by atoms with Gasteiger partial charge in [-0.1, -0.05) is 11.2 Å². The van der Waals surface area contributed by atoms with E-state index in [0.29, 0.717) is 37.7 Å². The van der Waals surface area contributed by atoms with Crippen LogP contribution in [0.4, 0.5) is 0 Å². The number of pyridine rings is 1. The van der Waals surface area contributed by atoms with Crippen LogP contribution in [0.1, 0.15) is 35.4 Å². The van der Waals surface area contributed by atoms with Gasteiger partial charge in [0.1, 0.15) is 6.26 Å². The number of likely N-dealkylation sites (tertiary alicyclic amines) is 2. The highest BCUT2D eigenvalue weighted by molar-refractivity contribution is 5.92. The molecule has 0 radical (unpaired) electrons. The molecule has 2 aliphatic heterocycles. The lowest BCUT2D eigenvalue weighted by molar-refractivity contribution is -0.140. The van der Waals surface area contributed by atoms with Crippen LogP contribution in [0.5, 0.6) is 0 Å². The molecule has 0 aromatic carbocycles. The zero-order valence-electron chi connectivity index (χ0n) is 14.6. The second-order valence-corrected chi connectivity index (χ2v) is 6.95. The maximum Gasteiger partial charge on any atom is 0.276 e. The van der Waals surface area contributed by atoms with Crippen molar-refractivity contribution in [2.24, 2.45) is 5.92 Å². The average molecular weight is 354 g/mol. The van der Waals surface area contributed by atoms with Gasteiger partial charge >= 0.3 is 0 Å². The van der Waals surface area contributed by atoms with E-state index >= 15 is 0 Å². The maximum absolute atomic E-state index is 12.5. The molecule has 2 atom stereocenters. The highest BCUT2D eigenvalue weighted by Gasteiger charge is 2.40. The third kappa shape index (κ3) is 3.34. The van der Waals surface area contributed by atoms with Gasteiger partial charge in [0, 0.05) is 56.5 Å². The first-order valence-corrected chi connectivity index (χ1v) is 9.11. The van der Waals surface area contributed by atoms with E-state index in [-0.39, 0.29) is 17.9 Å². The molecule has 2 fully saturated rings. The van der Waals surface area contributed by atoms with Crippen molar-refractivity contribution in [1.29, 1.82) is 0 Å². The second-order valence-electron chi connectivity index (χ2n) is 6.95. The molecule has 0 spiro atoms. The smallest absolute Gasteiger partial charge is 0.276 e. The van der Waals surface area contributed by atoms with Crippen LogP contribution >= 0.6 is 0 Å². The van der Waals surface area contributed by atoms with Gasteiger partial charge in [-0.2, -0.15) is 0 Å². The summed E-state index contributed by atoms with van der Waals surface area (Å²) in [5.74, 6) is 0.452. The molecule has 2 saturated heterocycles. The Morgan fingerprint density at radius 2 is 2.19 bits per heavy atom. The number of rotatable bonds is 4. The number of carbonyl (C=O) groups excluding carboxylic acids is 2. The van der Waals surface area contributed by atoms with Crippen LogP contribution in [0.15, 0.2) is 41.2 Å². The van der Waals surface area contributed by atoms with E-state index in [9.17, 15) is 9.59 Å². The van der Waals surface area contributed by atoms with Gasteiger partial charge in [0.05, 0.1) is 0 Å². The van der Waals surface area contributed by atoms with E-state index in [0.717, 1.165) is 25.0 Å². The van der Waals surface area contributed by atoms with Gasteiger partial charge in [-0.25, -0.2) is 0 Å². The van der Waals surface area contributed by atoms with Gasteiger partial charge in [-0.05, 0) is 30.9 Å². The van der Waals surface area contributed by atoms with Crippen molar-refractivity contribution in [1.82, 2.24) is 19.9 Å². The topological polar surface area (TPSA) is 79.5 Å². The number of nitrogens with zero attached hydrogens (tertiary/aromatic N) is 4. The number of carbonyl (C=O) groups is 2. The predicted molar refractivity (Wildman–Crippen MR) is 93.2 cm³/mol. The van der Waals surface area contributed by atoms with Crippen molar-refractivity contribution in [3.05, 3.63) is 48.1 Å². The van der Waals surface area contributed by atoms with Crippen LogP contribution in [0.25, 0.3) is 0 Å². The number of piperidine rings is 2. The number of fused-ring (bicyclic) bond motifs is 1. The van der Waals surface area contributed by atoms with Gasteiger partial charge in [-0.15, -0.1) is 0 Å². The summed E-state index contributed by atoms with van der Waals surface area (Å²) in [6.45, 7) is 2.00. The van der Waals surface area contributed by atoms with E-state index in [1.165, 1.54) is 6.26 Å². The van der Waals surface area contributed by atoms with Crippen LogP contribution in [0, 0.1) is 5.92 Å². The van der Waals surface area contributed by atoms with Gasteiger partial charge in [-0.3, -0.25) is 14.6 Å². The predicted octanol–water partition coefficient (Wildman–Crippen LogP) is 1.77. The number of hydrogen-bond acceptors (Lipinski definition) is 5. The van der Waals surface area contributed by atoms with Crippen molar-refractivity contribution < 1.29 is 14.1 Å². The average Bonchev–Trinajstić information content (AvgIpc) is 3.22. The summed E-state index contributed by atoms with van der Waals surface area (Å²) in [5, 5.41) is 3.75. The van der Waals surface area contributed by atoms with Crippen LogP contribution in [0.3, 0.4) is 0 Å². The molecule has 2 amide bonds. The first kappa shape index (κ1) is 16.8. The van der Waals surface area contributed by atoms with Crippen LogP contribution in [-0.4, -0.2) is 57.4 Å². The Morgan fingerprint density at radius 3 is 2.96 bits per heavy atom. The molecule has 136 valence electrons. The minimum Gasteiger partial charge on any atom is -0.364 e. The normalized spacial score (nSPS) is 23.0. The van der Waals surface area contributed by atoms with Crippen molar-refractivity contribution in [2.75, 3.05) is 19.6 Å². The molecule has 2 aromatic heterocycles. The van der Waals surface area contributed by atoms with Gasteiger partial charge in [0.2, 0.25) is 5.91 Å². The Balaban J connectivity index is 1.41. The lowest BCUT2D eigenvalue weighted by Gasteiger charge is -2.47. The van der Waals surface area contributed by atoms with Gasteiger partial charge in [0.15, 0.2) is 5.69 Å². The number of aromatic nitrogens is 2. The zero-order valence-corrected chi connectivity index (χ0v) is 14.6. The standard InChI is InChI=1S/C19H22N4O3/c24-18-5-4-14-13-22(19(25)16-8-12-26-21-16)10-7-17(14)23(18)11-6-15-3-1-2-9-20-15/h1-3,8-9,12,14,17H,4-7,10-11,13H2. The fourth-order valence-electron chi connectivity index (χ4n) is 4.09. The van der Waals surface area contributed by atoms with E-state index < -0.39 is 0 Å². The van der Waals surface area contributed by atoms with Crippen molar-refractivity contribution in [3.8, 4) is 0 Å². The minimum atomic E-state index is -0.0888. The molecule has 2 aromatic rings. The molecule has 0 bridgehead atoms. The highest BCUT2D eigenvalue weighted by atomic mass is 16.5. The van der Waals surface area contributed by atoms with Crippen molar-refractivity contribution in [2.45, 2.75) is 31.7 Å². The summed E-state index contributed by atoms with van der Waals surface area (Å²) < 4.78 is 4.78. The summed E-state index contributed by atoms with van der Waals surface area (Å²) in [6, 6.07) is 7.66. The largest absolute Gasteiger partial charge is 0.364 e. The molecular formula is C19H22N4O3. The first-order valence-electron chi connectivity index (χ1n) is 9.11. The van der Waals surface area contributed by atoms with Crippen molar-refractivity contribution in [3.63, 3.8) is 0 Å². The third-order valence-corrected chi connectivity index (χ3v) is 5.42. The first-order chi connectivity index (χ1) is 12.7. The monoisotopic (exact) mass is 354 g/mol. The molecular weight excluding hydrogens is 332 g/mol. The van der Waals surface area contributed by atoms with Crippen LogP contribution in [-0.2, 0) is 11.2 Å². The summed E-state index contributed by atoms with van der Waals surface area (Å²) in [7, 11) is 0. The molecule has 26 heavy (non-hydrogen) atoms. The Kier molecular flexibility index (Phi) is 4.69. The third-order valence-electron chi connectivity index (χ3n) is 5.42. The summed E-state index contributed by atoms with van der Waals surface area (Å²) in [4.78, 5) is 33.2. The van der Waals surface area contributed by atoms with Gasteiger partial charge < -0.3 is 14.3 Å². The SMILES string of the molecule is O=C(c1ccon1)N1CCC2C(CCC(=O)N2CCc2ccccn2)C1. The molecule has 2 aliphatic rings. The van der Waals surface area contributed by atoms with Crippen LogP contribution < -0.4 is 0 Å². The maximum atomic E-state index is 12.5. The zero-order chi connectivity index (χ0) is 17.9. The second kappa shape index (κ2) is 7.27. The van der Waals surface area contributed by atoms with E-state index in [1.54, 1.807) is 12.3 Å². The lowest BCUT2D eigenvalue weighted by atomic mass is 9.83. The molecule has 4 heterocycles. The molecule has 2 unspecified atom stereocenters. The van der Waals surface area contributed by atoms with Crippen LogP contribution in [0.2, 0.25) is 0 Å². The van der Waals surface area contributed by atoms with Gasteiger partial charge in [0.25, 0.3) is 5.91 Å². The Hall–Kier alpha value is -2.70. The number of amides is 2. The number of hydrogen-bond donors (Lipinski definition) is 0. The van der Waals surface area contributed by atoms with E-state index in [1.807, 2.05) is 28.0 Å². The minimum absolute atomic E-state index is 0.0888. The summed E-state index contributed by atoms with van der Waals surface area (Å²) in [5.41, 5.74) is 1.35. The Labute approximate surface area is 152 Å². The molecule has 0 N–H and O–H groups in total. The van der Waals surface area contributed by atoms with E-state index in [2.05, 4.69) is 10.1 Å². The molecule has 0 saturated carbocycles. The fraction of sp³-hybridized carbons (Fsp3) is 0.474. The van der Waals surface area contributed by atoms with Crippen molar-refractivity contribution >= 4 is 11.8 Å². The van der Waals surface area contributed by atoms with E-state index in [4.69, 9.17) is 4.52 Å². The quantitative estimate of drug-likeness (QED) is 0.836. The Morgan fingerprint density at radius 1 is 1.27 bits per heavy atom. The Bertz CT molecular complexity index is 762. The molecule has 0 aliphatic carbocycles. The lowest BCUT2D eigenvalue weighted by Crippen LogP contribution is -2.57. The molecule has 4 rings (SSSR count).